The first-order valence-electron chi connectivity index (χ1n) is 13.3. The topological polar surface area (TPSA) is 109 Å². The van der Waals surface area contributed by atoms with Crippen molar-refractivity contribution in [3.05, 3.63) is 60.5 Å². The standard InChI is InChI=1S/C28H33FN8O2S/c1-35-17-28(18-35)11-14-37(15-12-28)23-9-8-19(16-21(23)29)31-27-33-25-20(10-13-30-25)26(34-27)32-22-6-4-5-7-24(22)36(2)40(3,38)39/h4-10,13,16H,11-12,14-15,17-18H2,1-3H3,(H3,30,31,32,33,34). The average molecular weight is 565 g/mol. The normalized spacial score (nSPS) is 17.1. The first-order chi connectivity index (χ1) is 19.1. The second-order valence-corrected chi connectivity index (χ2v) is 13.0. The number of likely N-dealkylation sites (tertiary alicyclic amines) is 1. The van der Waals surface area contributed by atoms with E-state index in [4.69, 9.17) is 0 Å². The zero-order chi connectivity index (χ0) is 28.1. The Morgan fingerprint density at radius 2 is 1.80 bits per heavy atom. The fourth-order valence-corrected chi connectivity index (χ4v) is 6.38. The molecule has 0 radical (unpaired) electrons. The van der Waals surface area contributed by atoms with Crippen molar-refractivity contribution in [2.24, 2.45) is 5.41 Å². The van der Waals surface area contributed by atoms with Crippen molar-refractivity contribution in [1.29, 1.82) is 0 Å². The molecule has 0 aliphatic carbocycles. The van der Waals surface area contributed by atoms with E-state index in [-0.39, 0.29) is 11.8 Å². The lowest BCUT2D eigenvalue weighted by Crippen LogP contribution is -2.58. The number of hydrogen-bond acceptors (Lipinski definition) is 8. The van der Waals surface area contributed by atoms with Crippen LogP contribution in [0.3, 0.4) is 0 Å². The number of hydrogen-bond donors (Lipinski definition) is 3. The van der Waals surface area contributed by atoms with Crippen LogP contribution in [0.4, 0.5) is 38.9 Å². The lowest BCUT2D eigenvalue weighted by molar-refractivity contribution is 0.00123. The van der Waals surface area contributed by atoms with Crippen LogP contribution in [0.25, 0.3) is 11.0 Å². The van der Waals surface area contributed by atoms with Crippen molar-refractivity contribution < 1.29 is 12.8 Å². The Morgan fingerprint density at radius 3 is 2.50 bits per heavy atom. The van der Waals surface area contributed by atoms with Crippen LogP contribution in [0.1, 0.15) is 12.8 Å². The summed E-state index contributed by atoms with van der Waals surface area (Å²) in [6, 6.07) is 14.0. The van der Waals surface area contributed by atoms with Crippen molar-refractivity contribution in [1.82, 2.24) is 19.9 Å². The van der Waals surface area contributed by atoms with Crippen LogP contribution >= 0.6 is 0 Å². The molecule has 0 amide bonds. The highest BCUT2D eigenvalue weighted by Gasteiger charge is 2.43. The number of rotatable bonds is 7. The molecule has 2 aromatic carbocycles. The molecule has 12 heteroatoms. The Morgan fingerprint density at radius 1 is 1.05 bits per heavy atom. The molecule has 0 bridgehead atoms. The van der Waals surface area contributed by atoms with Crippen LogP contribution in [0.2, 0.25) is 0 Å². The smallest absolute Gasteiger partial charge is 0.232 e. The molecule has 10 nitrogen and oxygen atoms in total. The summed E-state index contributed by atoms with van der Waals surface area (Å²) in [6.45, 7) is 3.98. The van der Waals surface area contributed by atoms with Gasteiger partial charge in [0.2, 0.25) is 16.0 Å². The number of aromatic nitrogens is 3. The summed E-state index contributed by atoms with van der Waals surface area (Å²) in [5.41, 5.74) is 3.17. The molecule has 2 aromatic heterocycles. The number of anilines is 6. The second-order valence-electron chi connectivity index (χ2n) is 11.0. The van der Waals surface area contributed by atoms with E-state index >= 15 is 4.39 Å². The van der Waals surface area contributed by atoms with Crippen molar-refractivity contribution >= 4 is 55.6 Å². The molecule has 0 saturated carbocycles. The molecule has 6 rings (SSSR count). The van der Waals surface area contributed by atoms with E-state index in [9.17, 15) is 8.42 Å². The number of nitrogens with zero attached hydrogens (tertiary/aromatic N) is 5. The summed E-state index contributed by atoms with van der Waals surface area (Å²) < 4.78 is 40.9. The molecule has 1 spiro atoms. The highest BCUT2D eigenvalue weighted by molar-refractivity contribution is 7.92. The maximum atomic E-state index is 15.3. The number of piperidine rings is 1. The summed E-state index contributed by atoms with van der Waals surface area (Å²) in [4.78, 5) is 16.8. The molecular formula is C28H33FN8O2S. The van der Waals surface area contributed by atoms with E-state index in [1.165, 1.54) is 17.4 Å². The highest BCUT2D eigenvalue weighted by atomic mass is 32.2. The molecule has 40 heavy (non-hydrogen) atoms. The van der Waals surface area contributed by atoms with Crippen LogP contribution in [0, 0.1) is 11.2 Å². The van der Waals surface area contributed by atoms with E-state index in [1.54, 1.807) is 24.4 Å². The summed E-state index contributed by atoms with van der Waals surface area (Å²) >= 11 is 0. The van der Waals surface area contributed by atoms with Crippen molar-refractivity contribution in [3.63, 3.8) is 0 Å². The van der Waals surface area contributed by atoms with Crippen LogP contribution in [-0.2, 0) is 10.0 Å². The summed E-state index contributed by atoms with van der Waals surface area (Å²) in [7, 11) is 0.177. The van der Waals surface area contributed by atoms with E-state index in [2.05, 4.69) is 42.4 Å². The third-order valence-electron chi connectivity index (χ3n) is 7.99. The number of sulfonamides is 1. The quantitative estimate of drug-likeness (QED) is 0.301. The van der Waals surface area contributed by atoms with E-state index in [0.717, 1.165) is 50.7 Å². The van der Waals surface area contributed by atoms with Crippen molar-refractivity contribution in [3.8, 4) is 0 Å². The van der Waals surface area contributed by atoms with Crippen LogP contribution in [0.5, 0.6) is 0 Å². The minimum atomic E-state index is -3.47. The maximum absolute atomic E-state index is 15.3. The van der Waals surface area contributed by atoms with Crippen LogP contribution in [0.15, 0.2) is 54.7 Å². The number of aromatic amines is 1. The Labute approximate surface area is 233 Å². The zero-order valence-corrected chi connectivity index (χ0v) is 23.6. The Bertz CT molecular complexity index is 1660. The van der Waals surface area contributed by atoms with E-state index < -0.39 is 10.0 Å². The minimum Gasteiger partial charge on any atom is -0.369 e. The predicted octanol–water partition coefficient (Wildman–Crippen LogP) is 4.51. The predicted molar refractivity (Wildman–Crippen MR) is 158 cm³/mol. The highest BCUT2D eigenvalue weighted by Crippen LogP contribution is 2.41. The lowest BCUT2D eigenvalue weighted by Gasteiger charge is -2.53. The molecule has 4 aromatic rings. The van der Waals surface area contributed by atoms with E-state index in [1.807, 2.05) is 24.3 Å². The molecule has 0 unspecified atom stereocenters. The molecule has 2 fully saturated rings. The third-order valence-corrected chi connectivity index (χ3v) is 9.18. The average Bonchev–Trinajstić information content (AvgIpc) is 3.37. The molecule has 2 aliphatic heterocycles. The van der Waals surface area contributed by atoms with Gasteiger partial charge in [0.15, 0.2) is 0 Å². The van der Waals surface area contributed by atoms with Gasteiger partial charge < -0.3 is 25.4 Å². The van der Waals surface area contributed by atoms with Gasteiger partial charge in [-0.25, -0.2) is 12.8 Å². The number of H-pyrrole nitrogens is 1. The largest absolute Gasteiger partial charge is 0.369 e. The molecule has 4 heterocycles. The van der Waals surface area contributed by atoms with E-state index in [0.29, 0.717) is 39.6 Å². The second kappa shape index (κ2) is 9.93. The Hall–Kier alpha value is -3.90. The number of fused-ring (bicyclic) bond motifs is 1. The van der Waals surface area contributed by atoms with Gasteiger partial charge in [-0.1, -0.05) is 12.1 Å². The van der Waals surface area contributed by atoms with Gasteiger partial charge in [-0.3, -0.25) is 4.31 Å². The first kappa shape index (κ1) is 26.3. The summed E-state index contributed by atoms with van der Waals surface area (Å²) in [5, 5.41) is 7.12. The Kier molecular flexibility index (Phi) is 6.54. The van der Waals surface area contributed by atoms with Crippen LogP contribution in [-0.4, -0.2) is 74.8 Å². The molecule has 2 aliphatic rings. The number of para-hydroxylation sites is 2. The molecule has 3 N–H and O–H groups in total. The minimum absolute atomic E-state index is 0.271. The number of benzene rings is 2. The van der Waals surface area contributed by atoms with Crippen molar-refractivity contribution in [2.45, 2.75) is 12.8 Å². The molecular weight excluding hydrogens is 531 g/mol. The first-order valence-corrected chi connectivity index (χ1v) is 15.1. The van der Waals surface area contributed by atoms with Gasteiger partial charge in [-0.2, -0.15) is 9.97 Å². The third kappa shape index (κ3) is 5.04. The maximum Gasteiger partial charge on any atom is 0.232 e. The summed E-state index contributed by atoms with van der Waals surface area (Å²) in [6.07, 6.45) is 5.07. The van der Waals surface area contributed by atoms with Gasteiger partial charge in [-0.15, -0.1) is 0 Å². The van der Waals surface area contributed by atoms with Gasteiger partial charge in [0.05, 0.1) is 28.7 Å². The van der Waals surface area contributed by atoms with Gasteiger partial charge >= 0.3 is 0 Å². The zero-order valence-electron chi connectivity index (χ0n) is 22.8. The summed E-state index contributed by atoms with van der Waals surface area (Å²) in [5.74, 6) is 0.459. The van der Waals surface area contributed by atoms with Gasteiger partial charge in [-0.05, 0) is 61.7 Å². The number of halogens is 1. The molecule has 2 saturated heterocycles. The number of nitrogens with one attached hydrogen (secondary N) is 3. The SMILES string of the molecule is CN1CC2(CCN(c3ccc(Nc4nc(Nc5ccccc5N(C)S(C)(=O)=O)c5cc[nH]c5n4)cc3F)CC2)C1. The van der Waals surface area contributed by atoms with Crippen molar-refractivity contribution in [2.75, 3.05) is 66.4 Å². The fourth-order valence-electron chi connectivity index (χ4n) is 5.86. The van der Waals surface area contributed by atoms with Crippen LogP contribution < -0.4 is 19.8 Å². The fraction of sp³-hybridized carbons (Fsp3) is 0.357. The molecule has 0 atom stereocenters. The van der Waals surface area contributed by atoms with Gasteiger partial charge in [0, 0.05) is 45.1 Å². The monoisotopic (exact) mass is 564 g/mol. The van der Waals surface area contributed by atoms with Gasteiger partial charge in [0.1, 0.15) is 17.3 Å². The Balaban J connectivity index is 1.23. The molecule has 210 valence electrons. The lowest BCUT2D eigenvalue weighted by atomic mass is 9.72. The van der Waals surface area contributed by atoms with Gasteiger partial charge in [0.25, 0.3) is 0 Å².